The van der Waals surface area contributed by atoms with Crippen LogP contribution in [0.25, 0.3) is 65.3 Å². The van der Waals surface area contributed by atoms with E-state index in [9.17, 15) is 4.79 Å². The molecule has 34 heavy (non-hydrogen) atoms. The predicted octanol–water partition coefficient (Wildman–Crippen LogP) is 9.39. The molecule has 0 saturated carbocycles. The first-order valence-electron chi connectivity index (χ1n) is 11.1. The van der Waals surface area contributed by atoms with E-state index in [0.29, 0.717) is 0 Å². The van der Waals surface area contributed by atoms with E-state index in [1.165, 1.54) is 21.5 Å². The van der Waals surface area contributed by atoms with Crippen molar-refractivity contribution in [1.82, 2.24) is 0 Å². The molecular formula is C31H16Br2O. The molecule has 0 aromatic heterocycles. The van der Waals surface area contributed by atoms with Gasteiger partial charge in [-0.1, -0.05) is 105 Å². The van der Waals surface area contributed by atoms with E-state index in [4.69, 9.17) is 0 Å². The lowest BCUT2D eigenvalue weighted by Crippen LogP contribution is -2.01. The maximum atomic E-state index is 14.3. The lowest BCUT2D eigenvalue weighted by atomic mass is 9.88. The third-order valence-corrected chi connectivity index (χ3v) is 7.95. The minimum absolute atomic E-state index is 0.0801. The van der Waals surface area contributed by atoms with Crippen LogP contribution in [0.5, 0.6) is 0 Å². The average molecular weight is 564 g/mol. The summed E-state index contributed by atoms with van der Waals surface area (Å²) in [6.45, 7) is 0. The molecule has 160 valence electrons. The second-order valence-electron chi connectivity index (χ2n) is 8.72. The molecule has 7 aromatic carbocycles. The molecule has 0 spiro atoms. The number of fused-ring (bicyclic) bond motifs is 3. The molecule has 1 nitrogen and oxygen atoms in total. The van der Waals surface area contributed by atoms with Gasteiger partial charge in [0.05, 0.1) is 0 Å². The molecule has 0 N–H and O–H groups in total. The molecule has 0 aliphatic heterocycles. The minimum atomic E-state index is 0.0801. The maximum Gasteiger partial charge on any atom is 0.195 e. The first kappa shape index (κ1) is 20.1. The zero-order chi connectivity index (χ0) is 23.0. The molecule has 0 saturated heterocycles. The molecule has 0 amide bonds. The highest BCUT2D eigenvalue weighted by molar-refractivity contribution is 9.10. The fourth-order valence-electron chi connectivity index (χ4n) is 5.50. The van der Waals surface area contributed by atoms with E-state index in [-0.39, 0.29) is 5.43 Å². The van der Waals surface area contributed by atoms with Gasteiger partial charge in [0.15, 0.2) is 5.43 Å². The molecule has 0 aliphatic carbocycles. The van der Waals surface area contributed by atoms with Crippen LogP contribution in [-0.4, -0.2) is 0 Å². The first-order chi connectivity index (χ1) is 16.6. The summed E-state index contributed by atoms with van der Waals surface area (Å²) in [6.07, 6.45) is 0. The van der Waals surface area contributed by atoms with Crippen molar-refractivity contribution in [3.8, 4) is 22.3 Å². The van der Waals surface area contributed by atoms with Gasteiger partial charge >= 0.3 is 0 Å². The van der Waals surface area contributed by atoms with Crippen LogP contribution >= 0.6 is 31.9 Å². The third-order valence-electron chi connectivity index (χ3n) is 6.89. The third kappa shape index (κ3) is 2.74. The molecule has 0 aliphatic rings. The van der Waals surface area contributed by atoms with Crippen LogP contribution in [0, 0.1) is 0 Å². The van der Waals surface area contributed by atoms with Gasteiger partial charge in [0.25, 0.3) is 0 Å². The first-order valence-corrected chi connectivity index (χ1v) is 12.7. The quantitative estimate of drug-likeness (QED) is 0.191. The largest absolute Gasteiger partial charge is 0.289 e. The number of halogens is 2. The predicted molar refractivity (Wildman–Crippen MR) is 151 cm³/mol. The zero-order valence-corrected chi connectivity index (χ0v) is 21.1. The van der Waals surface area contributed by atoms with Gasteiger partial charge in [-0.25, -0.2) is 0 Å². The van der Waals surface area contributed by atoms with Crippen molar-refractivity contribution >= 4 is 74.9 Å². The van der Waals surface area contributed by atoms with Crippen LogP contribution in [0.3, 0.4) is 0 Å². The smallest absolute Gasteiger partial charge is 0.195 e. The van der Waals surface area contributed by atoms with Crippen LogP contribution in [0.15, 0.2) is 111 Å². The monoisotopic (exact) mass is 562 g/mol. The average Bonchev–Trinajstić information content (AvgIpc) is 3.17. The molecule has 0 heterocycles. The fourth-order valence-corrected chi connectivity index (χ4v) is 6.03. The van der Waals surface area contributed by atoms with Crippen LogP contribution in [0.4, 0.5) is 0 Å². The highest BCUT2D eigenvalue weighted by Gasteiger charge is 2.25. The van der Waals surface area contributed by atoms with Gasteiger partial charge in [-0.15, -0.1) is 0 Å². The Balaban J connectivity index is 1.81. The Hall–Kier alpha value is -3.27. The van der Waals surface area contributed by atoms with Gasteiger partial charge in [-0.05, 0) is 67.7 Å². The number of hydrogen-bond donors (Lipinski definition) is 0. The fraction of sp³-hybridized carbons (Fsp3) is 0. The summed E-state index contributed by atoms with van der Waals surface area (Å²) < 4.78 is 1.99. The summed E-state index contributed by atoms with van der Waals surface area (Å²) in [5, 5.41) is 9.21. The molecule has 3 heteroatoms. The zero-order valence-electron chi connectivity index (χ0n) is 17.9. The van der Waals surface area contributed by atoms with Crippen molar-refractivity contribution in [3.05, 3.63) is 116 Å². The molecule has 0 fully saturated rings. The lowest BCUT2D eigenvalue weighted by Gasteiger charge is -2.14. The van der Waals surface area contributed by atoms with Crippen molar-refractivity contribution in [1.29, 1.82) is 0 Å². The summed E-state index contributed by atoms with van der Waals surface area (Å²) in [6, 6.07) is 33.4. The molecule has 7 rings (SSSR count). The van der Waals surface area contributed by atoms with Gasteiger partial charge in [0, 0.05) is 30.8 Å². The van der Waals surface area contributed by atoms with Gasteiger partial charge in [0.2, 0.25) is 0 Å². The second-order valence-corrected chi connectivity index (χ2v) is 10.5. The van der Waals surface area contributed by atoms with E-state index in [0.717, 1.165) is 52.7 Å². The minimum Gasteiger partial charge on any atom is -0.289 e. The van der Waals surface area contributed by atoms with Crippen LogP contribution in [0.1, 0.15) is 0 Å². The van der Waals surface area contributed by atoms with E-state index < -0.39 is 0 Å². The second kappa shape index (κ2) is 7.36. The van der Waals surface area contributed by atoms with Gasteiger partial charge in [-0.3, -0.25) is 4.79 Å². The topological polar surface area (TPSA) is 17.1 Å². The van der Waals surface area contributed by atoms with Crippen LogP contribution < -0.4 is 5.43 Å². The Morgan fingerprint density at radius 2 is 0.853 bits per heavy atom. The Bertz CT molecular complexity index is 1780. The van der Waals surface area contributed by atoms with Gasteiger partial charge in [0.1, 0.15) is 0 Å². The van der Waals surface area contributed by atoms with Crippen molar-refractivity contribution in [2.75, 3.05) is 0 Å². The Morgan fingerprint density at radius 3 is 1.26 bits per heavy atom. The standard InChI is InChI=1S/C31H16Br2O/c32-21-13-9-19(10-14-21)27-29-23-5-1-3-17-7-8-18-4-2-6-24(26(18)25(17)23)30(29)28(31(27)34)20-11-15-22(33)16-12-20/h1-16H. The van der Waals surface area contributed by atoms with E-state index in [1.807, 2.05) is 48.5 Å². The van der Waals surface area contributed by atoms with Crippen molar-refractivity contribution in [3.63, 3.8) is 0 Å². The molecule has 0 radical (unpaired) electrons. The molecule has 0 bridgehead atoms. The Morgan fingerprint density at radius 1 is 0.441 bits per heavy atom. The van der Waals surface area contributed by atoms with E-state index >= 15 is 0 Å². The number of hydrogen-bond acceptors (Lipinski definition) is 1. The van der Waals surface area contributed by atoms with Crippen molar-refractivity contribution in [2.24, 2.45) is 0 Å². The SMILES string of the molecule is O=c1c(-c2ccc(Br)cc2)c2c3cccc4ccc5cccc(c2c1-c1ccc(Br)cc1)c5c43. The highest BCUT2D eigenvalue weighted by atomic mass is 79.9. The highest BCUT2D eigenvalue weighted by Crippen LogP contribution is 2.47. The number of rotatable bonds is 2. The normalized spacial score (nSPS) is 11.9. The van der Waals surface area contributed by atoms with Gasteiger partial charge in [-0.2, -0.15) is 0 Å². The summed E-state index contributed by atoms with van der Waals surface area (Å²) in [5.41, 5.74) is 3.52. The molecule has 0 atom stereocenters. The van der Waals surface area contributed by atoms with Crippen LogP contribution in [-0.2, 0) is 0 Å². The van der Waals surface area contributed by atoms with Crippen molar-refractivity contribution in [2.45, 2.75) is 0 Å². The Kier molecular flexibility index (Phi) is 4.36. The van der Waals surface area contributed by atoms with Crippen LogP contribution in [0.2, 0.25) is 0 Å². The summed E-state index contributed by atoms with van der Waals surface area (Å²) in [5.74, 6) is 0. The molecule has 0 unspecified atom stereocenters. The summed E-state index contributed by atoms with van der Waals surface area (Å²) in [7, 11) is 0. The molecular weight excluding hydrogens is 548 g/mol. The van der Waals surface area contributed by atoms with Gasteiger partial charge < -0.3 is 0 Å². The van der Waals surface area contributed by atoms with E-state index in [2.05, 4.69) is 80.4 Å². The Labute approximate surface area is 212 Å². The van der Waals surface area contributed by atoms with Crippen molar-refractivity contribution < 1.29 is 0 Å². The summed E-state index contributed by atoms with van der Waals surface area (Å²) >= 11 is 7.08. The molecule has 7 aromatic rings. The van der Waals surface area contributed by atoms with E-state index in [1.54, 1.807) is 0 Å². The lowest BCUT2D eigenvalue weighted by molar-refractivity contribution is 1.58. The number of benzene rings is 6. The maximum absolute atomic E-state index is 14.3. The summed E-state index contributed by atoms with van der Waals surface area (Å²) in [4.78, 5) is 14.3.